The summed E-state index contributed by atoms with van der Waals surface area (Å²) in [5.41, 5.74) is 4.34. The van der Waals surface area contributed by atoms with Crippen LogP contribution in [0.1, 0.15) is 93.4 Å². The van der Waals surface area contributed by atoms with Gasteiger partial charge in [0.25, 0.3) is 0 Å². The largest absolute Gasteiger partial charge is 0.508 e. The van der Waals surface area contributed by atoms with E-state index in [1.165, 1.54) is 30.9 Å². The van der Waals surface area contributed by atoms with Crippen molar-refractivity contribution in [3.05, 3.63) is 89.0 Å². The molecule has 7 heteroatoms. The second kappa shape index (κ2) is 14.1. The number of benzene rings is 3. The van der Waals surface area contributed by atoms with Gasteiger partial charge in [-0.15, -0.1) is 0 Å². The topological polar surface area (TPSA) is 79.3 Å². The minimum Gasteiger partial charge on any atom is -0.508 e. The first-order chi connectivity index (χ1) is 24.4. The number of unbranched alkanes of at least 4 members (excludes halogenated alkanes) is 2. The van der Waals surface area contributed by atoms with E-state index in [9.17, 15) is 14.7 Å². The summed E-state index contributed by atoms with van der Waals surface area (Å²) < 4.78 is 12.8. The van der Waals surface area contributed by atoms with Gasteiger partial charge in [0.2, 0.25) is 5.91 Å². The number of aryl methyl sites for hydroxylation is 2. The highest BCUT2D eigenvalue weighted by atomic mass is 16.6. The number of esters is 1. The highest BCUT2D eigenvalue weighted by Crippen LogP contribution is 2.66. The number of rotatable bonds is 14. The molecule has 1 amide bonds. The van der Waals surface area contributed by atoms with Crippen LogP contribution in [0.2, 0.25) is 0 Å². The summed E-state index contributed by atoms with van der Waals surface area (Å²) in [5.74, 6) is 2.10. The van der Waals surface area contributed by atoms with Crippen LogP contribution in [0, 0.1) is 11.8 Å². The predicted octanol–water partition coefficient (Wildman–Crippen LogP) is 7.40. The van der Waals surface area contributed by atoms with Crippen LogP contribution < -0.4 is 9.47 Å². The molecular formula is C43H52N2O5. The average Bonchev–Trinajstić information content (AvgIpc) is 3.87. The van der Waals surface area contributed by atoms with Gasteiger partial charge >= 0.3 is 5.97 Å². The van der Waals surface area contributed by atoms with Crippen LogP contribution in [-0.4, -0.2) is 64.6 Å². The van der Waals surface area contributed by atoms with Crippen molar-refractivity contribution < 1.29 is 24.2 Å². The van der Waals surface area contributed by atoms with E-state index in [0.29, 0.717) is 36.4 Å². The summed E-state index contributed by atoms with van der Waals surface area (Å²) in [7, 11) is 0. The number of phenols is 1. The van der Waals surface area contributed by atoms with Crippen molar-refractivity contribution in [2.24, 2.45) is 11.8 Å². The van der Waals surface area contributed by atoms with E-state index < -0.39 is 5.97 Å². The van der Waals surface area contributed by atoms with Crippen molar-refractivity contribution in [1.82, 2.24) is 9.80 Å². The van der Waals surface area contributed by atoms with Gasteiger partial charge in [0.15, 0.2) is 11.5 Å². The quantitative estimate of drug-likeness (QED) is 0.109. The predicted molar refractivity (Wildman–Crippen MR) is 194 cm³/mol. The second-order valence-electron chi connectivity index (χ2n) is 15.7. The van der Waals surface area contributed by atoms with Gasteiger partial charge in [-0.1, -0.05) is 67.1 Å². The van der Waals surface area contributed by atoms with Gasteiger partial charge in [-0.2, -0.15) is 0 Å². The summed E-state index contributed by atoms with van der Waals surface area (Å²) in [5, 5.41) is 11.5. The van der Waals surface area contributed by atoms with Crippen molar-refractivity contribution >= 4 is 11.9 Å². The molecule has 2 saturated carbocycles. The lowest BCUT2D eigenvalue weighted by molar-refractivity contribution is -0.143. The maximum absolute atomic E-state index is 14.4. The molecule has 0 unspecified atom stereocenters. The van der Waals surface area contributed by atoms with Crippen LogP contribution in [0.4, 0.5) is 0 Å². The maximum Gasteiger partial charge on any atom is 0.308 e. The standard InChI is InChI=1S/C43H52N2O5/c1-29(46)49-38-27-37(47)33-26-36-34-21-22-35(42-43(34,40(33)41(38)50-42)23-25-44(36)28-32-19-20-32)45(24-11-17-31-15-7-3-8-16-31)39(48)18-10-4-9-14-30-12-5-2-6-13-30/h2-3,5-8,12-13,15-16,27,32,34-36,42,47H,4,9-11,14,17-26,28H2,1H3/t34-,35+,36+,42-,43-/m0/s1. The van der Waals surface area contributed by atoms with Crippen LogP contribution in [0.25, 0.3) is 0 Å². The molecule has 3 aromatic carbocycles. The molecule has 2 bridgehead atoms. The number of carbonyl (C=O) groups excluding carboxylic acids is 2. The Morgan fingerprint density at radius 1 is 0.940 bits per heavy atom. The minimum atomic E-state index is -0.428. The zero-order valence-corrected chi connectivity index (χ0v) is 29.5. The Morgan fingerprint density at radius 3 is 2.36 bits per heavy atom. The second-order valence-corrected chi connectivity index (χ2v) is 15.7. The number of phenolic OH excluding ortho intramolecular Hbond substituents is 1. The molecule has 3 aliphatic carbocycles. The van der Waals surface area contributed by atoms with Gasteiger partial charge in [0.05, 0.1) is 6.04 Å². The van der Waals surface area contributed by atoms with E-state index in [4.69, 9.17) is 9.47 Å². The van der Waals surface area contributed by atoms with Crippen molar-refractivity contribution in [2.45, 2.75) is 114 Å². The van der Waals surface area contributed by atoms with Crippen molar-refractivity contribution in [3.63, 3.8) is 0 Å². The fraction of sp³-hybridized carbons (Fsp3) is 0.535. The molecule has 0 radical (unpaired) electrons. The van der Waals surface area contributed by atoms with Crippen molar-refractivity contribution in [2.75, 3.05) is 19.6 Å². The van der Waals surface area contributed by atoms with Crippen LogP contribution in [0.5, 0.6) is 17.2 Å². The molecule has 8 rings (SSSR count). The van der Waals surface area contributed by atoms with E-state index in [-0.39, 0.29) is 29.2 Å². The van der Waals surface area contributed by atoms with Crippen molar-refractivity contribution in [3.8, 4) is 17.2 Å². The molecule has 5 atom stereocenters. The van der Waals surface area contributed by atoms with Crippen LogP contribution in [0.3, 0.4) is 0 Å². The monoisotopic (exact) mass is 676 g/mol. The Morgan fingerprint density at radius 2 is 1.66 bits per heavy atom. The number of likely N-dealkylation sites (tertiary alicyclic amines) is 1. The first-order valence-corrected chi connectivity index (χ1v) is 19.3. The molecule has 1 N–H and O–H groups in total. The molecule has 50 heavy (non-hydrogen) atoms. The van der Waals surface area contributed by atoms with Gasteiger partial charge < -0.3 is 19.5 Å². The average molecular weight is 677 g/mol. The summed E-state index contributed by atoms with van der Waals surface area (Å²) in [6.07, 6.45) is 12.4. The van der Waals surface area contributed by atoms with Crippen LogP contribution >= 0.6 is 0 Å². The van der Waals surface area contributed by atoms with Gasteiger partial charge in [0.1, 0.15) is 11.9 Å². The minimum absolute atomic E-state index is 0.0832. The fourth-order valence-corrected chi connectivity index (χ4v) is 10.2. The van der Waals surface area contributed by atoms with Crippen LogP contribution in [0.15, 0.2) is 66.7 Å². The highest BCUT2D eigenvalue weighted by Gasteiger charge is 2.67. The van der Waals surface area contributed by atoms with E-state index in [1.807, 2.05) is 6.07 Å². The summed E-state index contributed by atoms with van der Waals surface area (Å²) >= 11 is 0. The zero-order chi connectivity index (χ0) is 34.2. The molecule has 7 nitrogen and oxygen atoms in total. The SMILES string of the molecule is CC(=O)Oc1cc(O)c2c3c1O[C@H]1[C@H](N(CCCc4ccccc4)C(=O)CCCCCc4ccccc4)CC[C@H]4[C@@H](C2)N(CC2CC2)CC[C@@]341. The first-order valence-electron chi connectivity index (χ1n) is 19.3. The third kappa shape index (κ3) is 6.31. The third-order valence-electron chi connectivity index (χ3n) is 12.6. The Kier molecular flexibility index (Phi) is 9.36. The van der Waals surface area contributed by atoms with Crippen LogP contribution in [-0.2, 0) is 34.3 Å². The zero-order valence-electron chi connectivity index (χ0n) is 29.5. The molecule has 2 aliphatic heterocycles. The number of amides is 1. The molecule has 3 aromatic rings. The maximum atomic E-state index is 14.4. The highest BCUT2D eigenvalue weighted by molar-refractivity contribution is 5.77. The van der Waals surface area contributed by atoms with E-state index >= 15 is 0 Å². The lowest BCUT2D eigenvalue weighted by Gasteiger charge is -2.60. The Bertz CT molecular complexity index is 1690. The summed E-state index contributed by atoms with van der Waals surface area (Å²) in [4.78, 5) is 31.6. The molecular weight excluding hydrogens is 624 g/mol. The number of hydrogen-bond donors (Lipinski definition) is 1. The molecule has 1 saturated heterocycles. The number of hydrogen-bond acceptors (Lipinski definition) is 6. The molecule has 3 fully saturated rings. The molecule has 5 aliphatic rings. The lowest BCUT2D eigenvalue weighted by atomic mass is 9.50. The van der Waals surface area contributed by atoms with Gasteiger partial charge in [-0.25, -0.2) is 0 Å². The fourth-order valence-electron chi connectivity index (χ4n) is 10.2. The van der Waals surface area contributed by atoms with E-state index in [1.54, 1.807) is 6.07 Å². The molecule has 1 spiro atoms. The number of piperidine rings is 1. The molecule has 0 aromatic heterocycles. The van der Waals surface area contributed by atoms with E-state index in [0.717, 1.165) is 94.3 Å². The molecule has 264 valence electrons. The number of nitrogens with zero attached hydrogens (tertiary/aromatic N) is 2. The van der Waals surface area contributed by atoms with Gasteiger partial charge in [0, 0.05) is 55.1 Å². The summed E-state index contributed by atoms with van der Waals surface area (Å²) in [6, 6.07) is 23.0. The van der Waals surface area contributed by atoms with Gasteiger partial charge in [-0.3, -0.25) is 14.5 Å². The number of ether oxygens (including phenoxy) is 2. The Hall–Kier alpha value is -3.84. The van der Waals surface area contributed by atoms with Gasteiger partial charge in [-0.05, 0) is 100 Å². The normalized spacial score (nSPS) is 26.2. The smallest absolute Gasteiger partial charge is 0.308 e. The number of carbonyl (C=O) groups is 2. The Balaban J connectivity index is 1.08. The number of aromatic hydroxyl groups is 1. The first kappa shape index (κ1) is 33.3. The lowest BCUT2D eigenvalue weighted by Crippen LogP contribution is -2.69. The van der Waals surface area contributed by atoms with E-state index in [2.05, 4.69) is 64.4 Å². The van der Waals surface area contributed by atoms with Crippen molar-refractivity contribution in [1.29, 1.82) is 0 Å². The third-order valence-corrected chi connectivity index (χ3v) is 12.6. The Labute approximate surface area is 297 Å². The summed E-state index contributed by atoms with van der Waals surface area (Å²) in [6.45, 7) is 4.21. The molecule has 2 heterocycles.